The van der Waals surface area contributed by atoms with E-state index in [0.29, 0.717) is 0 Å². The van der Waals surface area contributed by atoms with Crippen LogP contribution in [0.15, 0.2) is 48.5 Å². The van der Waals surface area contributed by atoms with Crippen molar-refractivity contribution in [2.24, 2.45) is 0 Å². The summed E-state index contributed by atoms with van der Waals surface area (Å²) >= 11 is 5.91. The van der Waals surface area contributed by atoms with Crippen LogP contribution < -0.4 is 10.1 Å². The molecule has 2 aromatic rings. The zero-order valence-electron chi connectivity index (χ0n) is 9.61. The Morgan fingerprint density at radius 1 is 1.12 bits per heavy atom. The number of ether oxygens (including phenoxy) is 1. The minimum absolute atomic E-state index is 0.740. The van der Waals surface area contributed by atoms with Crippen molar-refractivity contribution in [3.8, 4) is 5.75 Å². The molecule has 88 valence electrons. The molecule has 2 aromatic carbocycles. The summed E-state index contributed by atoms with van der Waals surface area (Å²) in [6.45, 7) is 0.768. The van der Waals surface area contributed by atoms with Gasteiger partial charge in [-0.05, 0) is 35.9 Å². The van der Waals surface area contributed by atoms with Crippen molar-refractivity contribution in [1.29, 1.82) is 0 Å². The molecule has 0 atom stereocenters. The lowest BCUT2D eigenvalue weighted by Gasteiger charge is -2.07. The largest absolute Gasteiger partial charge is 0.497 e. The smallest absolute Gasteiger partial charge is 0.118 e. The zero-order valence-corrected chi connectivity index (χ0v) is 10.4. The summed E-state index contributed by atoms with van der Waals surface area (Å²) in [7, 11) is 1.67. The van der Waals surface area contributed by atoms with Gasteiger partial charge in [0, 0.05) is 17.3 Å². The fraction of sp³-hybridized carbons (Fsp3) is 0.143. The molecule has 2 rings (SSSR count). The molecule has 0 unspecified atom stereocenters. The minimum Gasteiger partial charge on any atom is -0.497 e. The van der Waals surface area contributed by atoms with Crippen LogP contribution in [-0.2, 0) is 6.54 Å². The van der Waals surface area contributed by atoms with Gasteiger partial charge in [-0.3, -0.25) is 0 Å². The van der Waals surface area contributed by atoms with Crippen molar-refractivity contribution in [1.82, 2.24) is 0 Å². The molecule has 2 nitrogen and oxygen atoms in total. The monoisotopic (exact) mass is 247 g/mol. The van der Waals surface area contributed by atoms with Crippen LogP contribution in [0.25, 0.3) is 0 Å². The highest BCUT2D eigenvalue weighted by Crippen LogP contribution is 2.17. The number of anilines is 1. The Hall–Kier alpha value is -1.67. The molecule has 0 aliphatic heterocycles. The van der Waals surface area contributed by atoms with Crippen molar-refractivity contribution in [2.45, 2.75) is 6.54 Å². The number of benzene rings is 2. The Morgan fingerprint density at radius 2 is 1.88 bits per heavy atom. The van der Waals surface area contributed by atoms with E-state index in [2.05, 4.69) is 5.32 Å². The second-order valence-corrected chi connectivity index (χ2v) is 4.15. The topological polar surface area (TPSA) is 21.3 Å². The summed E-state index contributed by atoms with van der Waals surface area (Å²) in [5.74, 6) is 0.872. The van der Waals surface area contributed by atoms with Crippen LogP contribution >= 0.6 is 11.6 Å². The summed E-state index contributed by atoms with van der Waals surface area (Å²) in [4.78, 5) is 0. The Morgan fingerprint density at radius 3 is 2.53 bits per heavy atom. The molecule has 1 N–H and O–H groups in total. The highest BCUT2D eigenvalue weighted by atomic mass is 35.5. The van der Waals surface area contributed by atoms with Gasteiger partial charge in [0.2, 0.25) is 0 Å². The Balaban J connectivity index is 1.97. The van der Waals surface area contributed by atoms with Crippen molar-refractivity contribution in [2.75, 3.05) is 12.4 Å². The molecule has 0 saturated carbocycles. The number of rotatable bonds is 4. The second kappa shape index (κ2) is 5.60. The van der Waals surface area contributed by atoms with Crippen LogP contribution in [0.3, 0.4) is 0 Å². The Bertz CT molecular complexity index is 482. The number of hydrogen-bond acceptors (Lipinski definition) is 2. The molecule has 0 spiro atoms. The molecule has 0 aliphatic carbocycles. The number of hydrogen-bond donors (Lipinski definition) is 1. The summed E-state index contributed by atoms with van der Waals surface area (Å²) in [6, 6.07) is 15.7. The van der Waals surface area contributed by atoms with Crippen LogP contribution in [0.4, 0.5) is 5.69 Å². The maximum absolute atomic E-state index is 5.91. The van der Waals surface area contributed by atoms with Gasteiger partial charge >= 0.3 is 0 Å². The first-order valence-electron chi connectivity index (χ1n) is 5.40. The molecule has 0 radical (unpaired) electrons. The molecule has 0 heterocycles. The van der Waals surface area contributed by atoms with E-state index in [1.54, 1.807) is 7.11 Å². The molecule has 0 aromatic heterocycles. The average Bonchev–Trinajstić information content (AvgIpc) is 2.37. The highest BCUT2D eigenvalue weighted by Gasteiger charge is 1.96. The van der Waals surface area contributed by atoms with E-state index in [4.69, 9.17) is 16.3 Å². The van der Waals surface area contributed by atoms with Gasteiger partial charge < -0.3 is 10.1 Å². The molecule has 0 aliphatic rings. The molecular formula is C14H14ClNO. The van der Waals surface area contributed by atoms with Crippen LogP contribution in [-0.4, -0.2) is 7.11 Å². The maximum Gasteiger partial charge on any atom is 0.118 e. The van der Waals surface area contributed by atoms with E-state index in [0.717, 1.165) is 23.0 Å². The molecule has 3 heteroatoms. The van der Waals surface area contributed by atoms with E-state index in [1.165, 1.54) is 5.56 Å². The predicted octanol–water partition coefficient (Wildman–Crippen LogP) is 3.96. The van der Waals surface area contributed by atoms with E-state index < -0.39 is 0 Å². The minimum atomic E-state index is 0.740. The van der Waals surface area contributed by atoms with E-state index in [-0.39, 0.29) is 0 Å². The summed E-state index contributed by atoms with van der Waals surface area (Å²) < 4.78 is 5.11. The van der Waals surface area contributed by atoms with Gasteiger partial charge in [-0.1, -0.05) is 29.8 Å². The number of halogens is 1. The molecule has 17 heavy (non-hydrogen) atoms. The van der Waals surface area contributed by atoms with Gasteiger partial charge in [-0.15, -0.1) is 0 Å². The van der Waals surface area contributed by atoms with Crippen LogP contribution in [0.1, 0.15) is 5.56 Å². The molecular weight excluding hydrogens is 234 g/mol. The van der Waals surface area contributed by atoms with Gasteiger partial charge in [0.15, 0.2) is 0 Å². The normalized spacial score (nSPS) is 10.0. The SMILES string of the molecule is COc1ccc(CNc2cccc(Cl)c2)cc1. The first-order chi connectivity index (χ1) is 8.28. The molecule has 0 fully saturated rings. The first kappa shape index (κ1) is 11.8. The Labute approximate surface area is 106 Å². The van der Waals surface area contributed by atoms with Gasteiger partial charge in [-0.2, -0.15) is 0 Å². The van der Waals surface area contributed by atoms with Crippen molar-refractivity contribution >= 4 is 17.3 Å². The van der Waals surface area contributed by atoms with Crippen molar-refractivity contribution < 1.29 is 4.74 Å². The first-order valence-corrected chi connectivity index (χ1v) is 5.78. The van der Waals surface area contributed by atoms with Gasteiger partial charge in [0.25, 0.3) is 0 Å². The quantitative estimate of drug-likeness (QED) is 0.883. The summed E-state index contributed by atoms with van der Waals surface area (Å²) in [5, 5.41) is 4.05. The number of methoxy groups -OCH3 is 1. The molecule has 0 bridgehead atoms. The summed E-state index contributed by atoms with van der Waals surface area (Å²) in [6.07, 6.45) is 0. The predicted molar refractivity (Wildman–Crippen MR) is 71.8 cm³/mol. The van der Waals surface area contributed by atoms with Crippen molar-refractivity contribution in [3.05, 3.63) is 59.1 Å². The van der Waals surface area contributed by atoms with Crippen LogP contribution in [0, 0.1) is 0 Å². The third-order valence-electron chi connectivity index (χ3n) is 2.48. The van der Waals surface area contributed by atoms with E-state index in [1.807, 2.05) is 48.5 Å². The Kier molecular flexibility index (Phi) is 3.89. The lowest BCUT2D eigenvalue weighted by Crippen LogP contribution is -1.98. The van der Waals surface area contributed by atoms with E-state index in [9.17, 15) is 0 Å². The third-order valence-corrected chi connectivity index (χ3v) is 2.72. The third kappa shape index (κ3) is 3.40. The fourth-order valence-corrected chi connectivity index (χ4v) is 1.74. The van der Waals surface area contributed by atoms with Crippen LogP contribution in [0.5, 0.6) is 5.75 Å². The number of nitrogens with one attached hydrogen (secondary N) is 1. The summed E-state index contributed by atoms with van der Waals surface area (Å²) in [5.41, 5.74) is 2.22. The highest BCUT2D eigenvalue weighted by molar-refractivity contribution is 6.30. The lowest BCUT2D eigenvalue weighted by atomic mass is 10.2. The lowest BCUT2D eigenvalue weighted by molar-refractivity contribution is 0.414. The van der Waals surface area contributed by atoms with Gasteiger partial charge in [0.05, 0.1) is 7.11 Å². The zero-order chi connectivity index (χ0) is 12.1. The molecule has 0 amide bonds. The maximum atomic E-state index is 5.91. The van der Waals surface area contributed by atoms with Crippen LogP contribution in [0.2, 0.25) is 5.02 Å². The van der Waals surface area contributed by atoms with Gasteiger partial charge in [0.1, 0.15) is 5.75 Å². The van der Waals surface area contributed by atoms with Gasteiger partial charge in [-0.25, -0.2) is 0 Å². The second-order valence-electron chi connectivity index (χ2n) is 3.71. The van der Waals surface area contributed by atoms with Crippen molar-refractivity contribution in [3.63, 3.8) is 0 Å². The average molecular weight is 248 g/mol. The fourth-order valence-electron chi connectivity index (χ4n) is 1.55. The van der Waals surface area contributed by atoms with E-state index >= 15 is 0 Å². The standard InChI is InChI=1S/C14H14ClNO/c1-17-14-7-5-11(6-8-14)10-16-13-4-2-3-12(15)9-13/h2-9,16H,10H2,1H3. The molecule has 0 saturated heterocycles.